The molecule has 0 N–H and O–H groups in total. The maximum Gasteiger partial charge on any atom is 2.00 e. The standard InChI is InChI=1S/4C6H6O.2Ca/c4*7-6-4-2-1-3-5-6;;/h4*1-5,7H;;/q;;;;2*+2/p-4. The zero-order valence-corrected chi connectivity index (χ0v) is 21.0. The second-order valence-electron chi connectivity index (χ2n) is 5.25. The molecule has 6 heteroatoms. The Morgan fingerprint density at radius 2 is 0.400 bits per heavy atom. The first kappa shape index (κ1) is 30.8. The third-order valence-electron chi connectivity index (χ3n) is 2.97. The van der Waals surface area contributed by atoms with Crippen LogP contribution in [-0.2, 0) is 0 Å². The van der Waals surface area contributed by atoms with Crippen molar-refractivity contribution in [2.24, 2.45) is 0 Å². The summed E-state index contributed by atoms with van der Waals surface area (Å²) in [6.45, 7) is 0. The summed E-state index contributed by atoms with van der Waals surface area (Å²) in [6.07, 6.45) is 0. The van der Waals surface area contributed by atoms with E-state index in [1.807, 2.05) is 24.3 Å². The first-order valence-electron chi connectivity index (χ1n) is 8.46. The second-order valence-corrected chi connectivity index (χ2v) is 5.25. The van der Waals surface area contributed by atoms with Crippen molar-refractivity contribution in [2.75, 3.05) is 0 Å². The normalized spacial score (nSPS) is 8.00. The van der Waals surface area contributed by atoms with E-state index < -0.39 is 0 Å². The average molecular weight is 453 g/mol. The average Bonchev–Trinajstić information content (AvgIpc) is 2.72. The first-order chi connectivity index (χ1) is 13.6. The number of hydrogen-bond acceptors (Lipinski definition) is 4. The molecular weight excluding hydrogens is 432 g/mol. The van der Waals surface area contributed by atoms with Gasteiger partial charge in [-0.3, -0.25) is 0 Å². The summed E-state index contributed by atoms with van der Waals surface area (Å²) in [5.74, 6) is 0.287. The van der Waals surface area contributed by atoms with Gasteiger partial charge in [-0.1, -0.05) is 121 Å². The Kier molecular flexibility index (Phi) is 21.4. The molecule has 0 aliphatic rings. The molecule has 4 aromatic carbocycles. The van der Waals surface area contributed by atoms with Crippen molar-refractivity contribution in [2.45, 2.75) is 0 Å². The van der Waals surface area contributed by atoms with E-state index in [9.17, 15) is 20.4 Å². The van der Waals surface area contributed by atoms with Crippen LogP contribution in [0.15, 0.2) is 121 Å². The molecule has 0 saturated heterocycles. The van der Waals surface area contributed by atoms with Crippen molar-refractivity contribution in [3.8, 4) is 23.0 Å². The molecule has 144 valence electrons. The van der Waals surface area contributed by atoms with Crippen molar-refractivity contribution in [1.29, 1.82) is 0 Å². The van der Waals surface area contributed by atoms with E-state index in [2.05, 4.69) is 0 Å². The predicted octanol–water partition coefficient (Wildman–Crippen LogP) is 2.28. The molecule has 0 unspecified atom stereocenters. The smallest absolute Gasteiger partial charge is 0.872 e. The molecule has 0 bridgehead atoms. The summed E-state index contributed by atoms with van der Waals surface area (Å²) in [4.78, 5) is 0. The number of hydrogen-bond donors (Lipinski definition) is 0. The Morgan fingerprint density at radius 1 is 0.267 bits per heavy atom. The molecule has 4 nitrogen and oxygen atoms in total. The molecule has 0 radical (unpaired) electrons. The molecule has 4 aromatic rings. The van der Waals surface area contributed by atoms with Crippen LogP contribution >= 0.6 is 0 Å². The van der Waals surface area contributed by atoms with E-state index in [-0.39, 0.29) is 98.5 Å². The number of para-hydroxylation sites is 4. The largest absolute Gasteiger partial charge is 2.00 e. The Bertz CT molecular complexity index is 697. The van der Waals surface area contributed by atoms with Gasteiger partial charge in [0.15, 0.2) is 0 Å². The van der Waals surface area contributed by atoms with Crippen LogP contribution in [0.4, 0.5) is 0 Å². The summed E-state index contributed by atoms with van der Waals surface area (Å²) in [5, 5.41) is 41.1. The minimum Gasteiger partial charge on any atom is -0.872 e. The van der Waals surface area contributed by atoms with Gasteiger partial charge in [-0.15, -0.1) is 23.0 Å². The van der Waals surface area contributed by atoms with Gasteiger partial charge in [-0.2, -0.15) is 0 Å². The monoisotopic (exact) mass is 452 g/mol. The van der Waals surface area contributed by atoms with Crippen molar-refractivity contribution in [1.82, 2.24) is 0 Å². The molecule has 0 atom stereocenters. The summed E-state index contributed by atoms with van der Waals surface area (Å²) < 4.78 is 0. The van der Waals surface area contributed by atoms with E-state index in [1.54, 1.807) is 48.5 Å². The van der Waals surface area contributed by atoms with E-state index >= 15 is 0 Å². The maximum atomic E-state index is 10.3. The Morgan fingerprint density at radius 3 is 0.467 bits per heavy atom. The van der Waals surface area contributed by atoms with Gasteiger partial charge in [0.25, 0.3) is 0 Å². The molecule has 0 heterocycles. The van der Waals surface area contributed by atoms with Gasteiger partial charge in [0.05, 0.1) is 0 Å². The van der Waals surface area contributed by atoms with Crippen LogP contribution < -0.4 is 20.4 Å². The fourth-order valence-electron chi connectivity index (χ4n) is 1.68. The zero-order chi connectivity index (χ0) is 20.5. The van der Waals surface area contributed by atoms with E-state index in [1.165, 1.54) is 48.5 Å². The van der Waals surface area contributed by atoms with Crippen LogP contribution in [-0.4, -0.2) is 75.5 Å². The van der Waals surface area contributed by atoms with Gasteiger partial charge in [-0.25, -0.2) is 0 Å². The molecule has 4 rings (SSSR count). The molecule has 30 heavy (non-hydrogen) atoms. The molecule has 0 fully saturated rings. The van der Waals surface area contributed by atoms with Gasteiger partial charge < -0.3 is 20.4 Å². The fraction of sp³-hybridized carbons (Fsp3) is 0. The summed E-state index contributed by atoms with van der Waals surface area (Å²) in [7, 11) is 0. The van der Waals surface area contributed by atoms with Gasteiger partial charge in [-0.05, 0) is 0 Å². The van der Waals surface area contributed by atoms with Crippen LogP contribution in [0.1, 0.15) is 0 Å². The van der Waals surface area contributed by atoms with Crippen molar-refractivity contribution < 1.29 is 20.4 Å². The Balaban J connectivity index is 0. The molecule has 0 aliphatic carbocycles. The molecule has 0 aliphatic heterocycles. The molecule has 0 saturated carbocycles. The number of rotatable bonds is 0. The van der Waals surface area contributed by atoms with E-state index in [4.69, 9.17) is 0 Å². The molecule has 0 aromatic heterocycles. The van der Waals surface area contributed by atoms with E-state index in [0.717, 1.165) is 0 Å². The molecular formula is C24H20Ca2O4. The van der Waals surface area contributed by atoms with Gasteiger partial charge >= 0.3 is 75.5 Å². The quantitative estimate of drug-likeness (QED) is 0.383. The SMILES string of the molecule is [Ca+2].[Ca+2].[O-]c1ccccc1.[O-]c1ccccc1.[O-]c1ccccc1.[O-]c1ccccc1. The third-order valence-corrected chi connectivity index (χ3v) is 2.97. The van der Waals surface area contributed by atoms with Crippen molar-refractivity contribution >= 4 is 75.5 Å². The first-order valence-corrected chi connectivity index (χ1v) is 8.46. The zero-order valence-electron chi connectivity index (χ0n) is 16.6. The van der Waals surface area contributed by atoms with Crippen LogP contribution in [0.3, 0.4) is 0 Å². The Hall–Kier alpha value is -1.40. The second kappa shape index (κ2) is 20.9. The van der Waals surface area contributed by atoms with Crippen LogP contribution in [0.5, 0.6) is 23.0 Å². The Labute approximate surface area is 237 Å². The van der Waals surface area contributed by atoms with Crippen molar-refractivity contribution in [3.63, 3.8) is 0 Å². The minimum absolute atomic E-state index is 0. The fourth-order valence-corrected chi connectivity index (χ4v) is 1.68. The van der Waals surface area contributed by atoms with E-state index in [0.29, 0.717) is 0 Å². The molecule has 0 spiro atoms. The summed E-state index contributed by atoms with van der Waals surface area (Å²) in [5.41, 5.74) is 0. The molecule has 0 amide bonds. The van der Waals surface area contributed by atoms with Crippen LogP contribution in [0, 0.1) is 0 Å². The van der Waals surface area contributed by atoms with Crippen LogP contribution in [0.2, 0.25) is 0 Å². The third kappa shape index (κ3) is 18.6. The van der Waals surface area contributed by atoms with Crippen LogP contribution in [0.25, 0.3) is 0 Å². The summed E-state index contributed by atoms with van der Waals surface area (Å²) in [6, 6.07) is 33.3. The van der Waals surface area contributed by atoms with Gasteiger partial charge in [0.2, 0.25) is 0 Å². The van der Waals surface area contributed by atoms with Crippen molar-refractivity contribution in [3.05, 3.63) is 121 Å². The topological polar surface area (TPSA) is 92.2 Å². The summed E-state index contributed by atoms with van der Waals surface area (Å²) >= 11 is 0. The minimum atomic E-state index is 0. The maximum absolute atomic E-state index is 10.3. The number of benzene rings is 4. The predicted molar refractivity (Wildman–Crippen MR) is 115 cm³/mol. The van der Waals surface area contributed by atoms with Gasteiger partial charge in [0.1, 0.15) is 0 Å². The van der Waals surface area contributed by atoms with Gasteiger partial charge in [0, 0.05) is 0 Å².